The third-order valence-corrected chi connectivity index (χ3v) is 2.88. The summed E-state index contributed by atoms with van der Waals surface area (Å²) in [5.74, 6) is 0.857. The molecule has 0 amide bonds. The summed E-state index contributed by atoms with van der Waals surface area (Å²) in [5, 5.41) is 0. The molecule has 0 unspecified atom stereocenters. The van der Waals surface area contributed by atoms with Crippen molar-refractivity contribution in [1.29, 1.82) is 0 Å². The summed E-state index contributed by atoms with van der Waals surface area (Å²) >= 11 is 0. The van der Waals surface area contributed by atoms with Gasteiger partial charge in [-0.25, -0.2) is 0 Å². The van der Waals surface area contributed by atoms with Gasteiger partial charge < -0.3 is 4.74 Å². The summed E-state index contributed by atoms with van der Waals surface area (Å²) in [7, 11) is 1.68. The molecular weight excluding hydrogens is 222 g/mol. The van der Waals surface area contributed by atoms with E-state index in [1.807, 2.05) is 24.3 Å². The quantitative estimate of drug-likeness (QED) is 0.791. The molecule has 0 saturated carbocycles. The third kappa shape index (κ3) is 2.70. The summed E-state index contributed by atoms with van der Waals surface area (Å²) in [5.41, 5.74) is 3.24. The second kappa shape index (κ2) is 4.81. The maximum Gasteiger partial charge on any atom is 0.119 e. The predicted octanol–water partition coefficient (Wildman–Crippen LogP) is 4.05. The maximum absolute atomic E-state index is 5.25. The zero-order valence-electron chi connectivity index (χ0n) is 11.4. The summed E-state index contributed by atoms with van der Waals surface area (Å²) in [6.07, 6.45) is 0. The standard InChI is InChI=1S/C16H19NO/c1-16(2,3)15-10-6-9-14(17-15)12-7-5-8-13(11-12)18-4/h5-11H,1-4H3. The Morgan fingerprint density at radius 2 is 1.72 bits per heavy atom. The lowest BCUT2D eigenvalue weighted by atomic mass is 9.91. The largest absolute Gasteiger partial charge is 0.497 e. The van der Waals surface area contributed by atoms with E-state index >= 15 is 0 Å². The van der Waals surface area contributed by atoms with Gasteiger partial charge in [-0.05, 0) is 24.3 Å². The van der Waals surface area contributed by atoms with E-state index in [1.165, 1.54) is 0 Å². The van der Waals surface area contributed by atoms with Gasteiger partial charge in [0.2, 0.25) is 0 Å². The van der Waals surface area contributed by atoms with Crippen LogP contribution in [0.25, 0.3) is 11.3 Å². The van der Waals surface area contributed by atoms with Crippen molar-refractivity contribution < 1.29 is 4.74 Å². The summed E-state index contributed by atoms with van der Waals surface area (Å²) in [6, 6.07) is 14.2. The number of methoxy groups -OCH3 is 1. The highest BCUT2D eigenvalue weighted by Crippen LogP contribution is 2.26. The Hall–Kier alpha value is -1.83. The van der Waals surface area contributed by atoms with Gasteiger partial charge in [-0.15, -0.1) is 0 Å². The van der Waals surface area contributed by atoms with Gasteiger partial charge in [-0.1, -0.05) is 39.0 Å². The molecule has 1 aromatic carbocycles. The Morgan fingerprint density at radius 3 is 2.39 bits per heavy atom. The van der Waals surface area contributed by atoms with Gasteiger partial charge in [0.15, 0.2) is 0 Å². The highest BCUT2D eigenvalue weighted by Gasteiger charge is 2.15. The summed E-state index contributed by atoms with van der Waals surface area (Å²) in [4.78, 5) is 4.73. The van der Waals surface area contributed by atoms with Crippen molar-refractivity contribution >= 4 is 0 Å². The minimum Gasteiger partial charge on any atom is -0.497 e. The Labute approximate surface area is 109 Å². The van der Waals surface area contributed by atoms with Crippen molar-refractivity contribution in [3.8, 4) is 17.0 Å². The second-order valence-corrected chi connectivity index (χ2v) is 5.39. The fraction of sp³-hybridized carbons (Fsp3) is 0.312. The van der Waals surface area contributed by atoms with Gasteiger partial charge in [0.05, 0.1) is 12.8 Å². The molecule has 2 nitrogen and oxygen atoms in total. The van der Waals surface area contributed by atoms with E-state index in [4.69, 9.17) is 9.72 Å². The molecule has 1 heterocycles. The van der Waals surface area contributed by atoms with E-state index < -0.39 is 0 Å². The third-order valence-electron chi connectivity index (χ3n) is 2.88. The maximum atomic E-state index is 5.25. The number of pyridine rings is 1. The molecule has 1 aromatic heterocycles. The van der Waals surface area contributed by atoms with Crippen molar-refractivity contribution in [3.63, 3.8) is 0 Å². The SMILES string of the molecule is COc1cccc(-c2cccc(C(C)(C)C)n2)c1. The van der Waals surface area contributed by atoms with Gasteiger partial charge >= 0.3 is 0 Å². The topological polar surface area (TPSA) is 22.1 Å². The first-order valence-corrected chi connectivity index (χ1v) is 6.12. The molecule has 0 N–H and O–H groups in total. The van der Waals surface area contributed by atoms with Crippen LogP contribution in [-0.4, -0.2) is 12.1 Å². The molecule has 0 aliphatic rings. The minimum atomic E-state index is 0.0644. The molecule has 2 heteroatoms. The highest BCUT2D eigenvalue weighted by molar-refractivity contribution is 5.61. The van der Waals surface area contributed by atoms with Crippen molar-refractivity contribution in [2.24, 2.45) is 0 Å². The first kappa shape index (κ1) is 12.6. The molecule has 0 aliphatic heterocycles. The van der Waals surface area contributed by atoms with Crippen LogP contribution in [0.5, 0.6) is 5.75 Å². The first-order valence-electron chi connectivity index (χ1n) is 6.12. The average molecular weight is 241 g/mol. The number of aromatic nitrogens is 1. The van der Waals surface area contributed by atoms with Crippen LogP contribution in [0.3, 0.4) is 0 Å². The van der Waals surface area contributed by atoms with Crippen LogP contribution in [0, 0.1) is 0 Å². The normalized spacial score (nSPS) is 11.3. The van der Waals surface area contributed by atoms with Crippen LogP contribution in [-0.2, 0) is 5.41 Å². The van der Waals surface area contributed by atoms with E-state index in [1.54, 1.807) is 7.11 Å². The molecule has 0 aliphatic carbocycles. The lowest BCUT2D eigenvalue weighted by Crippen LogP contribution is -2.13. The van der Waals surface area contributed by atoms with Crippen LogP contribution in [0.15, 0.2) is 42.5 Å². The van der Waals surface area contributed by atoms with E-state index in [0.29, 0.717) is 0 Å². The Balaban J connectivity index is 2.44. The van der Waals surface area contributed by atoms with Crippen LogP contribution >= 0.6 is 0 Å². The molecule has 0 saturated heterocycles. The fourth-order valence-corrected chi connectivity index (χ4v) is 1.80. The Morgan fingerprint density at radius 1 is 1.00 bits per heavy atom. The lowest BCUT2D eigenvalue weighted by molar-refractivity contribution is 0.415. The molecule has 0 radical (unpaired) electrons. The minimum absolute atomic E-state index is 0.0644. The average Bonchev–Trinajstić information content (AvgIpc) is 2.38. The first-order chi connectivity index (χ1) is 8.50. The van der Waals surface area contributed by atoms with E-state index in [9.17, 15) is 0 Å². The van der Waals surface area contributed by atoms with Crippen molar-refractivity contribution in [2.75, 3.05) is 7.11 Å². The highest BCUT2D eigenvalue weighted by atomic mass is 16.5. The fourth-order valence-electron chi connectivity index (χ4n) is 1.80. The van der Waals surface area contributed by atoms with Crippen LogP contribution in [0.4, 0.5) is 0 Å². The van der Waals surface area contributed by atoms with Gasteiger partial charge in [0, 0.05) is 16.7 Å². The van der Waals surface area contributed by atoms with E-state index in [2.05, 4.69) is 39.0 Å². The number of hydrogen-bond acceptors (Lipinski definition) is 2. The Kier molecular flexibility index (Phi) is 3.37. The van der Waals surface area contributed by atoms with Crippen LogP contribution in [0.2, 0.25) is 0 Å². The van der Waals surface area contributed by atoms with Crippen molar-refractivity contribution in [1.82, 2.24) is 4.98 Å². The zero-order chi connectivity index (χ0) is 13.2. The molecule has 18 heavy (non-hydrogen) atoms. The molecule has 0 atom stereocenters. The molecule has 94 valence electrons. The monoisotopic (exact) mass is 241 g/mol. The molecule has 2 rings (SSSR count). The van der Waals surface area contributed by atoms with E-state index in [-0.39, 0.29) is 5.41 Å². The molecule has 2 aromatic rings. The van der Waals surface area contributed by atoms with Crippen molar-refractivity contribution in [2.45, 2.75) is 26.2 Å². The summed E-state index contributed by atoms with van der Waals surface area (Å²) < 4.78 is 5.25. The number of nitrogens with zero attached hydrogens (tertiary/aromatic N) is 1. The number of rotatable bonds is 2. The van der Waals surface area contributed by atoms with Crippen molar-refractivity contribution in [3.05, 3.63) is 48.2 Å². The Bertz CT molecular complexity index is 541. The predicted molar refractivity (Wildman–Crippen MR) is 74.9 cm³/mol. The smallest absolute Gasteiger partial charge is 0.119 e. The van der Waals surface area contributed by atoms with Crippen LogP contribution in [0.1, 0.15) is 26.5 Å². The number of ether oxygens (including phenoxy) is 1. The van der Waals surface area contributed by atoms with E-state index in [0.717, 1.165) is 22.7 Å². The van der Waals surface area contributed by atoms with Gasteiger partial charge in [-0.2, -0.15) is 0 Å². The molecule has 0 spiro atoms. The van der Waals surface area contributed by atoms with Gasteiger partial charge in [-0.3, -0.25) is 4.98 Å². The lowest BCUT2D eigenvalue weighted by Gasteiger charge is -2.18. The van der Waals surface area contributed by atoms with Crippen LogP contribution < -0.4 is 4.74 Å². The second-order valence-electron chi connectivity index (χ2n) is 5.39. The van der Waals surface area contributed by atoms with Gasteiger partial charge in [0.1, 0.15) is 5.75 Å². The molecule has 0 fully saturated rings. The van der Waals surface area contributed by atoms with Gasteiger partial charge in [0.25, 0.3) is 0 Å². The number of benzene rings is 1. The molecule has 0 bridgehead atoms. The summed E-state index contributed by atoms with van der Waals surface area (Å²) in [6.45, 7) is 6.51. The molecular formula is C16H19NO. The zero-order valence-corrected chi connectivity index (χ0v) is 11.4. The number of hydrogen-bond donors (Lipinski definition) is 0.